The molecule has 5 nitrogen and oxygen atoms in total. The Hall–Kier alpha value is -1.11. The zero-order valence-electron chi connectivity index (χ0n) is 12.3. The number of hydrogen-bond donors (Lipinski definition) is 2. The first-order chi connectivity index (χ1) is 9.22. The molecule has 3 unspecified atom stereocenters. The van der Waals surface area contributed by atoms with Crippen molar-refractivity contribution < 1.29 is 18.3 Å². The van der Waals surface area contributed by atoms with E-state index in [1.165, 1.54) is 14.0 Å². The zero-order chi connectivity index (χ0) is 15.5. The highest BCUT2D eigenvalue weighted by atomic mass is 32.2. The standard InChI is InChI=1S/C14H23NO4S/c1-9-5-6-13(19-3)11(7-9)12(8-15)14(16)10(2)20(4,17)18/h5-7,10,12,14,16H,8,15H2,1-4H3. The number of rotatable bonds is 6. The maximum Gasteiger partial charge on any atom is 0.152 e. The van der Waals surface area contributed by atoms with Crippen LogP contribution in [-0.4, -0.2) is 44.8 Å². The Kier molecular flexibility index (Phi) is 5.56. The van der Waals surface area contributed by atoms with E-state index in [4.69, 9.17) is 10.5 Å². The van der Waals surface area contributed by atoms with Gasteiger partial charge in [0.15, 0.2) is 9.84 Å². The molecular formula is C14H23NO4S. The number of aryl methyl sites for hydroxylation is 1. The minimum Gasteiger partial charge on any atom is -0.496 e. The van der Waals surface area contributed by atoms with Crippen molar-refractivity contribution in [2.24, 2.45) is 5.73 Å². The van der Waals surface area contributed by atoms with Gasteiger partial charge in [0.2, 0.25) is 0 Å². The molecule has 0 heterocycles. The van der Waals surface area contributed by atoms with E-state index in [2.05, 4.69) is 0 Å². The van der Waals surface area contributed by atoms with E-state index in [9.17, 15) is 13.5 Å². The first-order valence-corrected chi connectivity index (χ1v) is 8.39. The first-order valence-electron chi connectivity index (χ1n) is 6.44. The van der Waals surface area contributed by atoms with Gasteiger partial charge in [0.1, 0.15) is 5.75 Å². The number of hydrogen-bond acceptors (Lipinski definition) is 5. The molecule has 0 fully saturated rings. The Balaban J connectivity index is 3.23. The molecule has 1 aromatic carbocycles. The SMILES string of the molecule is COc1ccc(C)cc1C(CN)C(O)C(C)S(C)(=O)=O. The molecule has 3 N–H and O–H groups in total. The van der Waals surface area contributed by atoms with Gasteiger partial charge >= 0.3 is 0 Å². The summed E-state index contributed by atoms with van der Waals surface area (Å²) in [6.07, 6.45) is 0.0350. The van der Waals surface area contributed by atoms with Crippen molar-refractivity contribution in [1.82, 2.24) is 0 Å². The molecule has 0 aromatic heterocycles. The van der Waals surface area contributed by atoms with Gasteiger partial charge in [-0.15, -0.1) is 0 Å². The number of benzene rings is 1. The van der Waals surface area contributed by atoms with Gasteiger partial charge in [-0.3, -0.25) is 0 Å². The second-order valence-corrected chi connectivity index (χ2v) is 7.52. The number of nitrogens with two attached hydrogens (primary N) is 1. The summed E-state index contributed by atoms with van der Waals surface area (Å²) < 4.78 is 28.5. The van der Waals surface area contributed by atoms with E-state index in [1.807, 2.05) is 19.1 Å². The molecule has 0 amide bonds. The quantitative estimate of drug-likeness (QED) is 0.812. The number of methoxy groups -OCH3 is 1. The topological polar surface area (TPSA) is 89.6 Å². The minimum atomic E-state index is -3.34. The van der Waals surface area contributed by atoms with Crippen LogP contribution in [-0.2, 0) is 9.84 Å². The molecule has 0 bridgehead atoms. The lowest BCUT2D eigenvalue weighted by atomic mass is 9.90. The Morgan fingerprint density at radius 2 is 2.00 bits per heavy atom. The van der Waals surface area contributed by atoms with Gasteiger partial charge in [0.25, 0.3) is 0 Å². The predicted octanol–water partition coefficient (Wildman–Crippen LogP) is 0.840. The average molecular weight is 301 g/mol. The van der Waals surface area contributed by atoms with E-state index in [1.54, 1.807) is 6.07 Å². The third-order valence-corrected chi connectivity index (χ3v) is 5.24. The molecule has 1 rings (SSSR count). The molecule has 0 aliphatic rings. The lowest BCUT2D eigenvalue weighted by Crippen LogP contribution is -2.38. The molecule has 0 aliphatic carbocycles. The summed E-state index contributed by atoms with van der Waals surface area (Å²) in [6.45, 7) is 3.55. The fraction of sp³-hybridized carbons (Fsp3) is 0.571. The van der Waals surface area contributed by atoms with Crippen molar-refractivity contribution in [3.05, 3.63) is 29.3 Å². The summed E-state index contributed by atoms with van der Waals surface area (Å²) in [5.74, 6) is 0.111. The van der Waals surface area contributed by atoms with Crippen LogP contribution in [0.4, 0.5) is 0 Å². The molecule has 20 heavy (non-hydrogen) atoms. The smallest absolute Gasteiger partial charge is 0.152 e. The van der Waals surface area contributed by atoms with Crippen molar-refractivity contribution >= 4 is 9.84 Å². The molecule has 6 heteroatoms. The van der Waals surface area contributed by atoms with Gasteiger partial charge in [0.05, 0.1) is 18.5 Å². The summed E-state index contributed by atoms with van der Waals surface area (Å²) >= 11 is 0. The maximum atomic E-state index is 11.6. The molecule has 3 atom stereocenters. The zero-order valence-corrected chi connectivity index (χ0v) is 13.1. The van der Waals surface area contributed by atoms with Crippen LogP contribution in [0.2, 0.25) is 0 Å². The van der Waals surface area contributed by atoms with Crippen LogP contribution in [0.3, 0.4) is 0 Å². The molecular weight excluding hydrogens is 278 g/mol. The van der Waals surface area contributed by atoms with Crippen molar-refractivity contribution in [3.8, 4) is 5.75 Å². The Morgan fingerprint density at radius 3 is 2.45 bits per heavy atom. The van der Waals surface area contributed by atoms with Crippen molar-refractivity contribution in [3.63, 3.8) is 0 Å². The maximum absolute atomic E-state index is 11.6. The molecule has 0 aliphatic heterocycles. The van der Waals surface area contributed by atoms with Gasteiger partial charge in [-0.25, -0.2) is 8.42 Å². The normalized spacial score (nSPS) is 16.5. The second kappa shape index (κ2) is 6.56. The summed E-state index contributed by atoms with van der Waals surface area (Å²) in [4.78, 5) is 0. The van der Waals surface area contributed by atoms with E-state index in [0.717, 1.165) is 17.4 Å². The van der Waals surface area contributed by atoms with Gasteiger partial charge < -0.3 is 15.6 Å². The van der Waals surface area contributed by atoms with Crippen molar-refractivity contribution in [2.75, 3.05) is 19.9 Å². The van der Waals surface area contributed by atoms with Crippen LogP contribution in [0.1, 0.15) is 24.0 Å². The molecule has 1 aromatic rings. The van der Waals surface area contributed by atoms with Gasteiger partial charge in [-0.1, -0.05) is 17.7 Å². The highest BCUT2D eigenvalue weighted by molar-refractivity contribution is 7.91. The fourth-order valence-electron chi connectivity index (χ4n) is 2.17. The number of aliphatic hydroxyl groups is 1. The number of sulfone groups is 1. The summed E-state index contributed by atoms with van der Waals surface area (Å²) in [7, 11) is -1.81. The highest BCUT2D eigenvalue weighted by Gasteiger charge is 2.32. The minimum absolute atomic E-state index is 0.140. The number of aliphatic hydroxyl groups excluding tert-OH is 1. The predicted molar refractivity (Wildman–Crippen MR) is 79.8 cm³/mol. The average Bonchev–Trinajstić information content (AvgIpc) is 2.37. The Bertz CT molecular complexity index is 556. The molecule has 0 saturated heterocycles. The van der Waals surface area contributed by atoms with Crippen molar-refractivity contribution in [2.45, 2.75) is 31.1 Å². The fourth-order valence-corrected chi connectivity index (χ4v) is 2.87. The van der Waals surface area contributed by atoms with Crippen LogP contribution in [0, 0.1) is 6.92 Å². The van der Waals surface area contributed by atoms with Crippen molar-refractivity contribution in [1.29, 1.82) is 0 Å². The third kappa shape index (κ3) is 3.71. The van der Waals surface area contributed by atoms with Crippen LogP contribution in [0.15, 0.2) is 18.2 Å². The van der Waals surface area contributed by atoms with Crippen LogP contribution >= 0.6 is 0 Å². The monoisotopic (exact) mass is 301 g/mol. The molecule has 114 valence electrons. The largest absolute Gasteiger partial charge is 0.496 e. The molecule has 0 radical (unpaired) electrons. The first kappa shape index (κ1) is 16.9. The molecule has 0 spiro atoms. The second-order valence-electron chi connectivity index (χ2n) is 5.11. The van der Waals surface area contributed by atoms with E-state index >= 15 is 0 Å². The van der Waals surface area contributed by atoms with Gasteiger partial charge in [0, 0.05) is 24.3 Å². The van der Waals surface area contributed by atoms with Gasteiger partial charge in [-0.2, -0.15) is 0 Å². The number of ether oxygens (including phenoxy) is 1. The summed E-state index contributed by atoms with van der Waals surface area (Å²) in [5.41, 5.74) is 7.48. The highest BCUT2D eigenvalue weighted by Crippen LogP contribution is 2.31. The summed E-state index contributed by atoms with van der Waals surface area (Å²) in [5, 5.41) is 9.47. The van der Waals surface area contributed by atoms with Gasteiger partial charge in [-0.05, 0) is 19.9 Å². The Labute approximate surface area is 120 Å². The van der Waals surface area contributed by atoms with E-state index < -0.39 is 27.1 Å². The van der Waals surface area contributed by atoms with E-state index in [0.29, 0.717) is 5.75 Å². The van der Waals surface area contributed by atoms with Crippen LogP contribution < -0.4 is 10.5 Å². The lowest BCUT2D eigenvalue weighted by molar-refractivity contribution is 0.142. The van der Waals surface area contributed by atoms with E-state index in [-0.39, 0.29) is 6.54 Å². The summed E-state index contributed by atoms with van der Waals surface area (Å²) in [6, 6.07) is 5.56. The lowest BCUT2D eigenvalue weighted by Gasteiger charge is -2.27. The molecule has 0 saturated carbocycles. The third-order valence-electron chi connectivity index (χ3n) is 3.61. The Morgan fingerprint density at radius 1 is 1.40 bits per heavy atom. The van der Waals surface area contributed by atoms with Crippen LogP contribution in [0.5, 0.6) is 5.75 Å². The van der Waals surface area contributed by atoms with Crippen LogP contribution in [0.25, 0.3) is 0 Å².